The lowest BCUT2D eigenvalue weighted by Crippen LogP contribution is -2.29. The van der Waals surface area contributed by atoms with E-state index in [-0.39, 0.29) is 22.2 Å². The number of aliphatic hydroxyl groups excluding tert-OH is 1. The van der Waals surface area contributed by atoms with Crippen molar-refractivity contribution in [1.82, 2.24) is 10.2 Å². The number of aliphatic hydroxyl groups is 1. The lowest BCUT2D eigenvalue weighted by molar-refractivity contribution is -0.132. The molecule has 0 spiro atoms. The molecule has 5 aromatic rings. The Morgan fingerprint density at radius 2 is 1.73 bits per heavy atom. The van der Waals surface area contributed by atoms with E-state index in [1.54, 1.807) is 36.4 Å². The predicted octanol–water partition coefficient (Wildman–Crippen LogP) is 7.70. The average Bonchev–Trinajstić information content (AvgIpc) is 3.61. The number of halogens is 1. The van der Waals surface area contributed by atoms with Crippen LogP contribution in [0, 0.1) is 6.92 Å². The normalized spacial score (nSPS) is 15.9. The number of thioether (sulfide) groups is 1. The Morgan fingerprint density at radius 3 is 2.47 bits per heavy atom. The minimum atomic E-state index is -1.00. The van der Waals surface area contributed by atoms with Crippen molar-refractivity contribution in [2.24, 2.45) is 0 Å². The van der Waals surface area contributed by atoms with Crippen molar-refractivity contribution in [3.63, 3.8) is 0 Å². The van der Waals surface area contributed by atoms with Crippen LogP contribution in [0.4, 0.5) is 5.13 Å². The number of hydrogen-bond donors (Lipinski definition) is 2. The number of carbonyl (C=O) groups is 2. The third-order valence-electron chi connectivity index (χ3n) is 7.18. The molecule has 11 heteroatoms. The minimum absolute atomic E-state index is 0.0196. The highest BCUT2D eigenvalue weighted by molar-refractivity contribution is 8.00. The second kappa shape index (κ2) is 13.2. The molecule has 0 saturated carbocycles. The number of phenols is 1. The molecule has 45 heavy (non-hydrogen) atoms. The quantitative estimate of drug-likeness (QED) is 0.0546. The molecule has 1 fully saturated rings. The number of ketones is 1. The van der Waals surface area contributed by atoms with Crippen molar-refractivity contribution >= 4 is 57.3 Å². The number of Topliss-reactive ketones (excluding diaryl/α,β-unsaturated/α-hetero) is 1. The number of aromatic hydroxyl groups is 1. The zero-order valence-electron chi connectivity index (χ0n) is 23.9. The highest BCUT2D eigenvalue weighted by Gasteiger charge is 2.48. The van der Waals surface area contributed by atoms with E-state index >= 15 is 0 Å². The van der Waals surface area contributed by atoms with Gasteiger partial charge in [-0.2, -0.15) is 0 Å². The van der Waals surface area contributed by atoms with Crippen LogP contribution in [0.25, 0.3) is 5.76 Å². The molecule has 1 aromatic heterocycles. The summed E-state index contributed by atoms with van der Waals surface area (Å²) in [5, 5.41) is 30.7. The summed E-state index contributed by atoms with van der Waals surface area (Å²) in [7, 11) is 0. The Labute approximate surface area is 272 Å². The number of ether oxygens (including phenoxy) is 1. The summed E-state index contributed by atoms with van der Waals surface area (Å²) >= 11 is 8.86. The number of aromatic nitrogens is 2. The largest absolute Gasteiger partial charge is 0.508 e. The average molecular weight is 656 g/mol. The maximum atomic E-state index is 13.5. The highest BCUT2D eigenvalue weighted by Crippen LogP contribution is 2.44. The summed E-state index contributed by atoms with van der Waals surface area (Å²) < 4.78 is 6.49. The lowest BCUT2D eigenvalue weighted by atomic mass is 9.95. The van der Waals surface area contributed by atoms with Crippen LogP contribution in [0.1, 0.15) is 33.9 Å². The first-order valence-electron chi connectivity index (χ1n) is 13.9. The van der Waals surface area contributed by atoms with Gasteiger partial charge in [0.15, 0.2) is 4.34 Å². The fourth-order valence-electron chi connectivity index (χ4n) is 4.95. The minimum Gasteiger partial charge on any atom is -0.508 e. The number of aryl methyl sites for hydroxylation is 1. The van der Waals surface area contributed by atoms with Gasteiger partial charge in [0.05, 0.1) is 11.6 Å². The van der Waals surface area contributed by atoms with Gasteiger partial charge in [-0.05, 0) is 66.1 Å². The van der Waals surface area contributed by atoms with Gasteiger partial charge in [-0.3, -0.25) is 14.5 Å². The van der Waals surface area contributed by atoms with Gasteiger partial charge in [-0.25, -0.2) is 0 Å². The molecule has 1 amide bonds. The number of rotatable bonds is 9. The van der Waals surface area contributed by atoms with E-state index in [1.165, 1.54) is 28.8 Å². The fourth-order valence-corrected chi connectivity index (χ4v) is 7.10. The lowest BCUT2D eigenvalue weighted by Gasteiger charge is -2.22. The van der Waals surface area contributed by atoms with Crippen molar-refractivity contribution in [2.45, 2.75) is 29.7 Å². The van der Waals surface area contributed by atoms with Crippen LogP contribution in [0.15, 0.2) is 107 Å². The summed E-state index contributed by atoms with van der Waals surface area (Å²) in [5.74, 6) is -0.890. The van der Waals surface area contributed by atoms with Gasteiger partial charge in [-0.1, -0.05) is 94.9 Å². The molecule has 2 heterocycles. The monoisotopic (exact) mass is 655 g/mol. The van der Waals surface area contributed by atoms with Crippen molar-refractivity contribution < 1.29 is 24.5 Å². The van der Waals surface area contributed by atoms with E-state index in [4.69, 9.17) is 16.3 Å². The van der Waals surface area contributed by atoms with E-state index in [0.29, 0.717) is 38.6 Å². The topological polar surface area (TPSA) is 113 Å². The number of phenolic OH excluding ortho intramolecular Hbond substituents is 1. The fraction of sp³-hybridized carbons (Fsp3) is 0.118. The molecule has 1 aliphatic rings. The van der Waals surface area contributed by atoms with E-state index in [1.807, 2.05) is 55.5 Å². The summed E-state index contributed by atoms with van der Waals surface area (Å²) in [4.78, 5) is 28.3. The van der Waals surface area contributed by atoms with Gasteiger partial charge in [-0.15, -0.1) is 10.2 Å². The molecule has 0 radical (unpaired) electrons. The van der Waals surface area contributed by atoms with Crippen molar-refractivity contribution in [1.29, 1.82) is 0 Å². The van der Waals surface area contributed by atoms with Gasteiger partial charge >= 0.3 is 5.91 Å². The van der Waals surface area contributed by atoms with Gasteiger partial charge in [0.1, 0.15) is 23.9 Å². The van der Waals surface area contributed by atoms with Crippen LogP contribution in [-0.2, 0) is 21.9 Å². The summed E-state index contributed by atoms with van der Waals surface area (Å²) in [6, 6.07) is 27.3. The van der Waals surface area contributed by atoms with Crippen molar-refractivity contribution in [2.75, 3.05) is 4.90 Å². The first-order valence-corrected chi connectivity index (χ1v) is 16.0. The molecule has 1 saturated heterocycles. The Morgan fingerprint density at radius 1 is 0.978 bits per heavy atom. The molecular formula is C34H26ClN3O5S2. The number of amides is 1. The predicted molar refractivity (Wildman–Crippen MR) is 176 cm³/mol. The number of anilines is 1. The third-order valence-corrected chi connectivity index (χ3v) is 9.65. The zero-order valence-corrected chi connectivity index (χ0v) is 26.3. The number of hydrogen-bond acceptors (Lipinski definition) is 9. The van der Waals surface area contributed by atoms with Crippen molar-refractivity contribution in [3.05, 3.63) is 135 Å². The van der Waals surface area contributed by atoms with Crippen LogP contribution in [0.3, 0.4) is 0 Å². The highest BCUT2D eigenvalue weighted by atomic mass is 35.5. The van der Waals surface area contributed by atoms with Crippen LogP contribution >= 0.6 is 34.7 Å². The zero-order chi connectivity index (χ0) is 31.5. The molecular weight excluding hydrogens is 630 g/mol. The first kappa shape index (κ1) is 30.4. The standard InChI is InChI=1S/C34H26ClN3O5S2/c1-20-5-4-6-21(17-20)18-43-26-15-11-23(12-16-26)30(40)28-29(22-9-13-25(39)14-10-22)38(32(42)31(28)41)33-36-37-34(45-33)44-19-24-7-2-3-8-27(24)35/h2-17,29,39-40H,18-19H2,1H3. The van der Waals surface area contributed by atoms with Gasteiger partial charge in [0.2, 0.25) is 5.13 Å². The molecule has 1 aliphatic heterocycles. The second-order valence-corrected chi connectivity index (χ2v) is 12.9. The number of benzene rings is 4. The van der Waals surface area contributed by atoms with Crippen LogP contribution < -0.4 is 9.64 Å². The van der Waals surface area contributed by atoms with E-state index in [2.05, 4.69) is 10.2 Å². The second-order valence-electron chi connectivity index (χ2n) is 10.3. The Kier molecular flexibility index (Phi) is 8.88. The molecule has 2 N–H and O–H groups in total. The number of carbonyl (C=O) groups excluding carboxylic acids is 2. The summed E-state index contributed by atoms with van der Waals surface area (Å²) in [5.41, 5.74) is 3.84. The van der Waals surface area contributed by atoms with Crippen LogP contribution in [0.5, 0.6) is 11.5 Å². The van der Waals surface area contributed by atoms with Crippen molar-refractivity contribution in [3.8, 4) is 11.5 Å². The Bertz CT molecular complexity index is 1910. The van der Waals surface area contributed by atoms with Crippen LogP contribution in [-0.4, -0.2) is 32.1 Å². The maximum absolute atomic E-state index is 13.5. The SMILES string of the molecule is Cc1cccc(COc2ccc(C(O)=C3C(=O)C(=O)N(c4nnc(SCc5ccccc5Cl)s4)C3c3ccc(O)cc3)cc2)c1. The maximum Gasteiger partial charge on any atom is 0.301 e. The molecule has 1 atom stereocenters. The molecule has 1 unspecified atom stereocenters. The summed E-state index contributed by atoms with van der Waals surface area (Å²) in [6.07, 6.45) is 0. The Hall–Kier alpha value is -4.64. The molecule has 8 nitrogen and oxygen atoms in total. The molecule has 4 aromatic carbocycles. The molecule has 0 bridgehead atoms. The van der Waals surface area contributed by atoms with Gasteiger partial charge < -0.3 is 14.9 Å². The van der Waals surface area contributed by atoms with Gasteiger partial charge in [0, 0.05) is 16.3 Å². The van der Waals surface area contributed by atoms with E-state index < -0.39 is 17.7 Å². The van der Waals surface area contributed by atoms with Gasteiger partial charge in [0.25, 0.3) is 5.78 Å². The smallest absolute Gasteiger partial charge is 0.301 e. The third kappa shape index (κ3) is 6.58. The molecule has 0 aliphatic carbocycles. The molecule has 226 valence electrons. The summed E-state index contributed by atoms with van der Waals surface area (Å²) in [6.45, 7) is 2.39. The molecule has 6 rings (SSSR count). The first-order chi connectivity index (χ1) is 21.8. The van der Waals surface area contributed by atoms with Crippen LogP contribution in [0.2, 0.25) is 5.02 Å². The number of nitrogens with zero attached hydrogens (tertiary/aromatic N) is 3. The van der Waals surface area contributed by atoms with E-state index in [9.17, 15) is 19.8 Å². The van der Waals surface area contributed by atoms with E-state index in [0.717, 1.165) is 28.0 Å². The Balaban J connectivity index is 1.30.